The van der Waals surface area contributed by atoms with Gasteiger partial charge in [0.1, 0.15) is 6.10 Å². The third kappa shape index (κ3) is 3.73. The molecule has 2 rings (SSSR count). The summed E-state index contributed by atoms with van der Waals surface area (Å²) < 4.78 is 8.20. The van der Waals surface area contributed by atoms with Gasteiger partial charge in [0.15, 0.2) is 0 Å². The maximum absolute atomic E-state index is 12.3. The van der Waals surface area contributed by atoms with E-state index < -0.39 is 36.2 Å². The molecule has 0 aliphatic carbocycles. The van der Waals surface area contributed by atoms with Crippen LogP contribution in [0.4, 0.5) is 0 Å². The number of ether oxygens (including phenoxy) is 1. The lowest BCUT2D eigenvalue weighted by atomic mass is 9.77. The quantitative estimate of drug-likeness (QED) is 0.617. The maximum atomic E-state index is 12.3. The van der Waals surface area contributed by atoms with E-state index >= 15 is 0 Å². The van der Waals surface area contributed by atoms with Gasteiger partial charge in [-0.05, 0) is 31.7 Å². The van der Waals surface area contributed by atoms with Crippen molar-refractivity contribution in [3.8, 4) is 0 Å². The van der Waals surface area contributed by atoms with Crippen LogP contribution in [0.5, 0.6) is 0 Å². The first-order valence-electron chi connectivity index (χ1n) is 7.56. The van der Waals surface area contributed by atoms with Crippen molar-refractivity contribution in [3.05, 3.63) is 32.6 Å². The average molecular weight is 338 g/mol. The van der Waals surface area contributed by atoms with Gasteiger partial charge in [-0.15, -0.1) is 13.2 Å². The van der Waals surface area contributed by atoms with Gasteiger partial charge in [0, 0.05) is 20.3 Å². The summed E-state index contributed by atoms with van der Waals surface area (Å²) in [5, 5.41) is 10.4. The first kappa shape index (κ1) is 18.3. The van der Waals surface area contributed by atoms with E-state index in [1.54, 1.807) is 7.05 Å². The second kappa shape index (κ2) is 6.46. The Morgan fingerprint density at radius 3 is 2.57 bits per heavy atom. The van der Waals surface area contributed by atoms with E-state index in [1.165, 1.54) is 17.8 Å². The molecule has 1 aliphatic heterocycles. The van der Waals surface area contributed by atoms with Crippen LogP contribution in [0, 0.1) is 0 Å². The molecule has 0 unspecified atom stereocenters. The second-order valence-corrected chi connectivity index (χ2v) is 11.3. The van der Waals surface area contributed by atoms with Crippen LogP contribution >= 0.6 is 6.89 Å². The van der Waals surface area contributed by atoms with Gasteiger partial charge in [-0.25, -0.2) is 4.79 Å². The maximum Gasteiger partial charge on any atom is 0.330 e. The van der Waals surface area contributed by atoms with Crippen LogP contribution in [0.3, 0.4) is 0 Å². The molecule has 1 N–H and O–H groups in total. The molecule has 0 amide bonds. The lowest BCUT2D eigenvalue weighted by molar-refractivity contribution is 0.00679. The van der Waals surface area contributed by atoms with Crippen LogP contribution in [0.25, 0.3) is 0 Å². The highest BCUT2D eigenvalue weighted by Crippen LogP contribution is 2.43. The molecule has 0 bridgehead atoms. The molecular weight excluding hydrogens is 314 g/mol. The van der Waals surface area contributed by atoms with Gasteiger partial charge < -0.3 is 14.4 Å². The van der Waals surface area contributed by atoms with E-state index in [9.17, 15) is 14.7 Å². The van der Waals surface area contributed by atoms with Gasteiger partial charge in [0.25, 0.3) is 5.56 Å². The summed E-state index contributed by atoms with van der Waals surface area (Å²) in [6.07, 6.45) is 5.07. The second-order valence-electron chi connectivity index (χ2n) is 6.95. The Hall–Kier alpha value is -1.04. The number of hydrogen-bond donors (Lipinski definition) is 1. The Kier molecular flexibility index (Phi) is 5.14. The highest BCUT2D eigenvalue weighted by atomic mass is 31.2. The summed E-state index contributed by atoms with van der Waals surface area (Å²) in [5.74, 6) is -0.562. The number of aliphatic hydroxyl groups is 1. The summed E-state index contributed by atoms with van der Waals surface area (Å²) in [4.78, 5) is 24.1. The minimum absolute atomic E-state index is 0.253. The molecule has 8 heteroatoms. The van der Waals surface area contributed by atoms with Gasteiger partial charge in [-0.2, -0.15) is 0 Å². The number of hydrogen-bond acceptors (Lipinski definition) is 4. The van der Waals surface area contributed by atoms with E-state index in [4.69, 9.17) is 12.6 Å². The van der Waals surface area contributed by atoms with E-state index in [2.05, 4.69) is 19.6 Å². The van der Waals surface area contributed by atoms with Gasteiger partial charge in [0.05, 0.1) is 25.6 Å². The third-order valence-electron chi connectivity index (χ3n) is 4.25. The molecule has 1 aromatic rings. The minimum atomic E-state index is -1.22. The number of aryl methyl sites for hydroxylation is 1. The molecule has 23 heavy (non-hydrogen) atoms. The average Bonchev–Trinajstić information content (AvgIpc) is 2.74. The van der Waals surface area contributed by atoms with Crippen molar-refractivity contribution in [1.82, 2.24) is 9.13 Å². The van der Waals surface area contributed by atoms with Crippen LogP contribution in [0.2, 0.25) is 5.82 Å². The monoisotopic (exact) mass is 338 g/mol. The van der Waals surface area contributed by atoms with Gasteiger partial charge in [-0.3, -0.25) is 9.36 Å². The first-order valence-corrected chi connectivity index (χ1v) is 10.6. The number of nitrogens with zero attached hydrogens (tertiary/aromatic N) is 2. The first-order chi connectivity index (χ1) is 10.5. The van der Waals surface area contributed by atoms with E-state index in [-0.39, 0.29) is 11.7 Å². The molecule has 4 atom stereocenters. The largest absolute Gasteiger partial charge is 0.390 e. The van der Waals surface area contributed by atoms with Crippen LogP contribution < -0.4 is 11.2 Å². The van der Waals surface area contributed by atoms with Crippen molar-refractivity contribution in [2.45, 2.75) is 30.5 Å². The van der Waals surface area contributed by atoms with Crippen molar-refractivity contribution in [1.29, 1.82) is 0 Å². The molecule has 126 valence electrons. The zero-order valence-corrected chi connectivity index (χ0v) is 15.0. The Morgan fingerprint density at radius 2 is 2.00 bits per heavy atom. The summed E-state index contributed by atoms with van der Waals surface area (Å²) >= 11 is 0. The van der Waals surface area contributed by atoms with Crippen LogP contribution in [-0.4, -0.2) is 60.1 Å². The third-order valence-corrected chi connectivity index (χ3v) is 5.72. The Bertz CT molecular complexity index is 751. The normalized spacial score (nSPS) is 28.2. The topological polar surface area (TPSA) is 73.5 Å². The lowest BCUT2D eigenvalue weighted by Gasteiger charge is -2.19. The fourth-order valence-corrected chi connectivity index (χ4v) is 3.76. The SMILES string of the molecule is [B][C@H]1[C@@H](O)[C@H](c2cn(C)c(=O)n(C)c2=O)O[C@@H]1CCP(=C)(C)C. The number of aromatic nitrogens is 2. The summed E-state index contributed by atoms with van der Waals surface area (Å²) in [7, 11) is 9.04. The Balaban J connectivity index is 2.30. The van der Waals surface area contributed by atoms with Crippen LogP contribution in [-0.2, 0) is 18.8 Å². The Labute approximate surface area is 137 Å². The Morgan fingerprint density at radius 1 is 1.39 bits per heavy atom. The lowest BCUT2D eigenvalue weighted by Crippen LogP contribution is -2.40. The van der Waals surface area contributed by atoms with Crippen molar-refractivity contribution in [2.75, 3.05) is 19.5 Å². The van der Waals surface area contributed by atoms with Gasteiger partial charge >= 0.3 is 5.69 Å². The van der Waals surface area contributed by atoms with Crippen molar-refractivity contribution >= 4 is 21.0 Å². The molecule has 0 aromatic carbocycles. The molecule has 1 fully saturated rings. The summed E-state index contributed by atoms with van der Waals surface area (Å²) in [6, 6.07) is 0. The fourth-order valence-electron chi connectivity index (χ4n) is 2.81. The zero-order valence-electron chi connectivity index (χ0n) is 14.1. The molecule has 1 aromatic heterocycles. The number of rotatable bonds is 4. The fraction of sp³-hybridized carbons (Fsp3) is 0.667. The zero-order chi connectivity index (χ0) is 17.5. The molecule has 0 saturated carbocycles. The number of aliphatic hydroxyl groups excluding tert-OH is 1. The van der Waals surface area contributed by atoms with Crippen molar-refractivity contribution in [3.63, 3.8) is 0 Å². The summed E-state index contributed by atoms with van der Waals surface area (Å²) in [6.45, 7) is 3.04. The molecule has 2 radical (unpaired) electrons. The van der Waals surface area contributed by atoms with E-state index in [1.807, 2.05) is 0 Å². The highest BCUT2D eigenvalue weighted by molar-refractivity contribution is 7.72. The molecule has 1 saturated heterocycles. The standard InChI is InChI=1S/C15H24BN2O4P/c1-17-8-9(14(20)18(2)15(17)21)13-12(19)11(16)10(22-13)6-7-23(3,4)5/h8,10-13,19H,3,6-7H2,1-2,4-5H3/t10-,11-,12-,13+/m1/s1. The molecule has 2 heterocycles. The van der Waals surface area contributed by atoms with Gasteiger partial charge in [-0.1, -0.05) is 0 Å². The van der Waals surface area contributed by atoms with Crippen LogP contribution in [0.1, 0.15) is 18.1 Å². The summed E-state index contributed by atoms with van der Waals surface area (Å²) in [5.41, 5.74) is -0.630. The predicted molar refractivity (Wildman–Crippen MR) is 95.4 cm³/mol. The van der Waals surface area contributed by atoms with Gasteiger partial charge in [0.2, 0.25) is 0 Å². The van der Waals surface area contributed by atoms with Crippen molar-refractivity contribution < 1.29 is 9.84 Å². The van der Waals surface area contributed by atoms with E-state index in [0.29, 0.717) is 6.42 Å². The highest BCUT2D eigenvalue weighted by Gasteiger charge is 2.42. The smallest absolute Gasteiger partial charge is 0.330 e. The predicted octanol–water partition coefficient (Wildman–Crippen LogP) is -0.0589. The molecule has 6 nitrogen and oxygen atoms in total. The van der Waals surface area contributed by atoms with E-state index in [0.717, 1.165) is 10.7 Å². The minimum Gasteiger partial charge on any atom is -0.390 e. The molecule has 1 aliphatic rings. The van der Waals surface area contributed by atoms with Crippen molar-refractivity contribution in [2.24, 2.45) is 14.1 Å². The molecule has 0 spiro atoms. The molecular formula is C15H24BN2O4P. The van der Waals surface area contributed by atoms with Crippen LogP contribution in [0.15, 0.2) is 15.8 Å².